The van der Waals surface area contributed by atoms with E-state index < -0.39 is 0 Å². The molecule has 4 nitrogen and oxygen atoms in total. The molecule has 0 radical (unpaired) electrons. The summed E-state index contributed by atoms with van der Waals surface area (Å²) >= 11 is 0. The number of aryl methyl sites for hydroxylation is 1. The predicted molar refractivity (Wildman–Crippen MR) is 85.8 cm³/mol. The number of nitrogens with one attached hydrogen (secondary N) is 1. The van der Waals surface area contributed by atoms with Gasteiger partial charge in [0.1, 0.15) is 5.75 Å². The maximum Gasteiger partial charge on any atom is 0.255 e. The van der Waals surface area contributed by atoms with Gasteiger partial charge < -0.3 is 15.8 Å². The lowest BCUT2D eigenvalue weighted by Crippen LogP contribution is -2.13. The van der Waals surface area contributed by atoms with Crippen molar-refractivity contribution >= 4 is 17.3 Å². The van der Waals surface area contributed by atoms with Crippen LogP contribution in [0.3, 0.4) is 0 Å². The summed E-state index contributed by atoms with van der Waals surface area (Å²) in [7, 11) is 0. The van der Waals surface area contributed by atoms with Crippen LogP contribution in [0.2, 0.25) is 0 Å². The Morgan fingerprint density at radius 3 is 2.62 bits per heavy atom. The minimum absolute atomic E-state index is 0.0723. The van der Waals surface area contributed by atoms with Gasteiger partial charge in [0, 0.05) is 16.9 Å². The molecule has 4 heteroatoms. The molecule has 3 N–H and O–H groups in total. The number of carbonyl (C=O) groups is 1. The first-order chi connectivity index (χ1) is 9.95. The zero-order chi connectivity index (χ0) is 15.4. The molecule has 0 spiro atoms. The molecule has 0 aliphatic heterocycles. The summed E-state index contributed by atoms with van der Waals surface area (Å²) in [5.41, 5.74) is 8.69. The highest BCUT2D eigenvalue weighted by molar-refractivity contribution is 6.04. The molecule has 0 aliphatic carbocycles. The Morgan fingerprint density at radius 1 is 1.19 bits per heavy atom. The lowest BCUT2D eigenvalue weighted by molar-refractivity contribution is 0.102. The average Bonchev–Trinajstić information content (AvgIpc) is 2.42. The molecule has 0 saturated heterocycles. The molecule has 0 atom stereocenters. The third-order valence-corrected chi connectivity index (χ3v) is 3.00. The fourth-order valence-corrected chi connectivity index (χ4v) is 1.94. The number of benzene rings is 2. The van der Waals surface area contributed by atoms with Gasteiger partial charge in [-0.2, -0.15) is 0 Å². The Hall–Kier alpha value is -2.49. The van der Waals surface area contributed by atoms with E-state index in [2.05, 4.69) is 5.32 Å². The highest BCUT2D eigenvalue weighted by Gasteiger charge is 2.08. The van der Waals surface area contributed by atoms with Crippen molar-refractivity contribution in [1.82, 2.24) is 0 Å². The smallest absolute Gasteiger partial charge is 0.255 e. The SMILES string of the molecule is Cc1cc(NC(=O)c2cccc(OC(C)C)c2)ccc1N. The number of rotatable bonds is 4. The predicted octanol–water partition coefficient (Wildman–Crippen LogP) is 3.62. The van der Waals surface area contributed by atoms with Gasteiger partial charge in [0.2, 0.25) is 0 Å². The summed E-state index contributed by atoms with van der Waals surface area (Å²) in [4.78, 5) is 12.3. The normalized spacial score (nSPS) is 10.5. The monoisotopic (exact) mass is 284 g/mol. The zero-order valence-electron chi connectivity index (χ0n) is 12.5. The Morgan fingerprint density at radius 2 is 1.95 bits per heavy atom. The van der Waals surface area contributed by atoms with E-state index in [1.807, 2.05) is 32.9 Å². The van der Waals surface area contributed by atoms with Crippen LogP contribution in [0.5, 0.6) is 5.75 Å². The number of hydrogen-bond acceptors (Lipinski definition) is 3. The number of ether oxygens (including phenoxy) is 1. The van der Waals surface area contributed by atoms with Crippen molar-refractivity contribution in [3.63, 3.8) is 0 Å². The summed E-state index contributed by atoms with van der Waals surface area (Å²) in [6.45, 7) is 5.80. The van der Waals surface area contributed by atoms with Gasteiger partial charge in [-0.05, 0) is 62.7 Å². The van der Waals surface area contributed by atoms with Gasteiger partial charge in [-0.1, -0.05) is 6.07 Å². The van der Waals surface area contributed by atoms with Crippen LogP contribution in [-0.2, 0) is 0 Å². The third kappa shape index (κ3) is 3.99. The van der Waals surface area contributed by atoms with Crippen LogP contribution >= 0.6 is 0 Å². The summed E-state index contributed by atoms with van der Waals surface area (Å²) in [6, 6.07) is 12.6. The maximum absolute atomic E-state index is 12.3. The first-order valence-electron chi connectivity index (χ1n) is 6.90. The fourth-order valence-electron chi connectivity index (χ4n) is 1.94. The largest absolute Gasteiger partial charge is 0.491 e. The molecule has 21 heavy (non-hydrogen) atoms. The van der Waals surface area contributed by atoms with E-state index in [4.69, 9.17) is 10.5 Å². The molecule has 0 fully saturated rings. The number of amides is 1. The summed E-state index contributed by atoms with van der Waals surface area (Å²) in [5, 5.41) is 2.86. The number of nitrogens with two attached hydrogens (primary N) is 1. The lowest BCUT2D eigenvalue weighted by atomic mass is 10.1. The van der Waals surface area contributed by atoms with Gasteiger partial charge in [0.05, 0.1) is 6.10 Å². The fraction of sp³-hybridized carbons (Fsp3) is 0.235. The number of hydrogen-bond donors (Lipinski definition) is 2. The molecule has 0 aromatic heterocycles. The topological polar surface area (TPSA) is 64.3 Å². The van der Waals surface area contributed by atoms with Gasteiger partial charge in [-0.15, -0.1) is 0 Å². The Balaban J connectivity index is 2.14. The van der Waals surface area contributed by atoms with E-state index in [1.165, 1.54) is 0 Å². The molecular formula is C17H20N2O2. The van der Waals surface area contributed by atoms with Crippen LogP contribution in [0.25, 0.3) is 0 Å². The van der Waals surface area contributed by atoms with Gasteiger partial charge in [0.15, 0.2) is 0 Å². The van der Waals surface area contributed by atoms with Gasteiger partial charge >= 0.3 is 0 Å². The van der Waals surface area contributed by atoms with Crippen LogP contribution in [0.15, 0.2) is 42.5 Å². The first-order valence-corrected chi connectivity index (χ1v) is 6.90. The maximum atomic E-state index is 12.3. The quantitative estimate of drug-likeness (QED) is 0.843. The second-order valence-electron chi connectivity index (χ2n) is 5.22. The molecule has 110 valence electrons. The van der Waals surface area contributed by atoms with Crippen molar-refractivity contribution in [2.75, 3.05) is 11.1 Å². The summed E-state index contributed by atoms with van der Waals surface area (Å²) in [5.74, 6) is 0.513. The van der Waals surface area contributed by atoms with Crippen LogP contribution in [0.1, 0.15) is 29.8 Å². The first kappa shape index (κ1) is 14.9. The van der Waals surface area contributed by atoms with Crippen molar-refractivity contribution in [3.05, 3.63) is 53.6 Å². The molecule has 0 aliphatic rings. The second-order valence-corrected chi connectivity index (χ2v) is 5.22. The van der Waals surface area contributed by atoms with Crippen molar-refractivity contribution < 1.29 is 9.53 Å². The van der Waals surface area contributed by atoms with Crippen LogP contribution < -0.4 is 15.8 Å². The lowest BCUT2D eigenvalue weighted by Gasteiger charge is -2.11. The Kier molecular flexibility index (Phi) is 4.48. The third-order valence-electron chi connectivity index (χ3n) is 3.00. The molecule has 2 rings (SSSR count). The van der Waals surface area contributed by atoms with Gasteiger partial charge in [-0.25, -0.2) is 0 Å². The van der Waals surface area contributed by atoms with Crippen LogP contribution in [0.4, 0.5) is 11.4 Å². The molecule has 1 amide bonds. The second kappa shape index (κ2) is 6.31. The van der Waals surface area contributed by atoms with Crippen molar-refractivity contribution in [3.8, 4) is 5.75 Å². The van der Waals surface area contributed by atoms with E-state index in [1.54, 1.807) is 30.3 Å². The van der Waals surface area contributed by atoms with Gasteiger partial charge in [0.25, 0.3) is 5.91 Å². The molecule has 2 aromatic rings. The summed E-state index contributed by atoms with van der Waals surface area (Å²) < 4.78 is 5.59. The van der Waals surface area contributed by atoms with E-state index in [0.29, 0.717) is 17.0 Å². The minimum atomic E-state index is -0.173. The van der Waals surface area contributed by atoms with Crippen LogP contribution in [-0.4, -0.2) is 12.0 Å². The molecular weight excluding hydrogens is 264 g/mol. The molecule has 0 saturated carbocycles. The van der Waals surface area contributed by atoms with E-state index in [9.17, 15) is 4.79 Å². The van der Waals surface area contributed by atoms with Gasteiger partial charge in [-0.3, -0.25) is 4.79 Å². The average molecular weight is 284 g/mol. The summed E-state index contributed by atoms with van der Waals surface area (Å²) in [6.07, 6.45) is 0.0723. The van der Waals surface area contributed by atoms with Crippen molar-refractivity contribution in [2.24, 2.45) is 0 Å². The number of anilines is 2. The van der Waals surface area contributed by atoms with E-state index in [0.717, 1.165) is 11.3 Å². The Labute approximate surface area is 124 Å². The molecule has 0 unspecified atom stereocenters. The number of carbonyl (C=O) groups excluding carboxylic acids is 1. The number of nitrogen functional groups attached to an aromatic ring is 1. The van der Waals surface area contributed by atoms with Crippen molar-refractivity contribution in [2.45, 2.75) is 26.9 Å². The molecule has 0 heterocycles. The van der Waals surface area contributed by atoms with E-state index >= 15 is 0 Å². The Bertz CT molecular complexity index is 651. The molecule has 0 bridgehead atoms. The molecule has 2 aromatic carbocycles. The highest BCUT2D eigenvalue weighted by Crippen LogP contribution is 2.19. The van der Waals surface area contributed by atoms with Crippen LogP contribution in [0, 0.1) is 6.92 Å². The van der Waals surface area contributed by atoms with E-state index in [-0.39, 0.29) is 12.0 Å². The minimum Gasteiger partial charge on any atom is -0.491 e. The highest BCUT2D eigenvalue weighted by atomic mass is 16.5. The standard InChI is InChI=1S/C17H20N2O2/c1-11(2)21-15-6-4-5-13(10-15)17(20)19-14-7-8-16(18)12(3)9-14/h4-11H,18H2,1-3H3,(H,19,20). The zero-order valence-corrected chi connectivity index (χ0v) is 12.5. The van der Waals surface area contributed by atoms with Crippen molar-refractivity contribution in [1.29, 1.82) is 0 Å².